The Kier molecular flexibility index (Phi) is 3.03. The van der Waals surface area contributed by atoms with Crippen molar-refractivity contribution < 1.29 is 5.11 Å². The van der Waals surface area contributed by atoms with Crippen molar-refractivity contribution in [1.82, 2.24) is 4.98 Å². The standard InChI is InChI=1S/C17H16N2O/c1-11-5-3-4-6-15(11)18-17-9-12(2)14-8-7-13(20)10-16(14)19-17/h3-10,20H,1-2H3,(H,18,19). The fourth-order valence-corrected chi connectivity index (χ4v) is 2.31. The van der Waals surface area contributed by atoms with Gasteiger partial charge in [-0.1, -0.05) is 18.2 Å². The van der Waals surface area contributed by atoms with Crippen molar-refractivity contribution in [2.45, 2.75) is 13.8 Å². The summed E-state index contributed by atoms with van der Waals surface area (Å²) in [6.07, 6.45) is 0. The first-order valence-corrected chi connectivity index (χ1v) is 6.56. The molecular formula is C17H16N2O. The van der Waals surface area contributed by atoms with Crippen LogP contribution in [-0.2, 0) is 0 Å². The van der Waals surface area contributed by atoms with Crippen LogP contribution >= 0.6 is 0 Å². The molecule has 0 aliphatic rings. The molecule has 0 fully saturated rings. The third kappa shape index (κ3) is 2.30. The maximum atomic E-state index is 9.59. The molecule has 100 valence electrons. The van der Waals surface area contributed by atoms with Gasteiger partial charge in [0, 0.05) is 17.1 Å². The molecular weight excluding hydrogens is 248 g/mol. The van der Waals surface area contributed by atoms with Gasteiger partial charge in [0.15, 0.2) is 0 Å². The molecule has 0 saturated heterocycles. The number of phenols is 1. The number of pyridine rings is 1. The van der Waals surface area contributed by atoms with Gasteiger partial charge in [0.05, 0.1) is 5.52 Å². The highest BCUT2D eigenvalue weighted by Gasteiger charge is 2.05. The lowest BCUT2D eigenvalue weighted by Crippen LogP contribution is -1.97. The summed E-state index contributed by atoms with van der Waals surface area (Å²) in [6.45, 7) is 4.10. The van der Waals surface area contributed by atoms with Gasteiger partial charge in [0.1, 0.15) is 11.6 Å². The number of anilines is 2. The number of hydrogen-bond donors (Lipinski definition) is 2. The molecule has 1 aromatic heterocycles. The quantitative estimate of drug-likeness (QED) is 0.725. The molecule has 2 N–H and O–H groups in total. The summed E-state index contributed by atoms with van der Waals surface area (Å²) in [6, 6.07) is 15.4. The largest absolute Gasteiger partial charge is 0.508 e. The van der Waals surface area contributed by atoms with E-state index in [0.29, 0.717) is 0 Å². The molecule has 0 bridgehead atoms. The number of aryl methyl sites for hydroxylation is 2. The molecule has 3 aromatic rings. The number of para-hydroxylation sites is 1. The van der Waals surface area contributed by atoms with Crippen LogP contribution in [-0.4, -0.2) is 10.1 Å². The number of rotatable bonds is 2. The van der Waals surface area contributed by atoms with E-state index in [4.69, 9.17) is 0 Å². The van der Waals surface area contributed by atoms with E-state index >= 15 is 0 Å². The number of nitrogens with zero attached hydrogens (tertiary/aromatic N) is 1. The maximum Gasteiger partial charge on any atom is 0.131 e. The van der Waals surface area contributed by atoms with E-state index in [-0.39, 0.29) is 5.75 Å². The lowest BCUT2D eigenvalue weighted by molar-refractivity contribution is 0.476. The number of hydrogen-bond acceptors (Lipinski definition) is 3. The van der Waals surface area contributed by atoms with Gasteiger partial charge in [-0.25, -0.2) is 4.98 Å². The lowest BCUT2D eigenvalue weighted by Gasteiger charge is -2.11. The fourth-order valence-electron chi connectivity index (χ4n) is 2.31. The first-order valence-electron chi connectivity index (χ1n) is 6.56. The molecule has 3 rings (SSSR count). The van der Waals surface area contributed by atoms with E-state index in [2.05, 4.69) is 23.3 Å². The van der Waals surface area contributed by atoms with E-state index in [9.17, 15) is 5.11 Å². The van der Waals surface area contributed by atoms with Crippen LogP contribution < -0.4 is 5.32 Å². The third-order valence-corrected chi connectivity index (χ3v) is 3.41. The Labute approximate surface area is 117 Å². The highest BCUT2D eigenvalue weighted by atomic mass is 16.3. The van der Waals surface area contributed by atoms with E-state index in [1.165, 1.54) is 5.56 Å². The Hall–Kier alpha value is -2.55. The number of aromatic nitrogens is 1. The van der Waals surface area contributed by atoms with Crippen LogP contribution in [0.2, 0.25) is 0 Å². The zero-order chi connectivity index (χ0) is 14.1. The normalized spacial score (nSPS) is 10.7. The molecule has 20 heavy (non-hydrogen) atoms. The van der Waals surface area contributed by atoms with Crippen LogP contribution in [0.25, 0.3) is 10.9 Å². The summed E-state index contributed by atoms with van der Waals surface area (Å²) in [4.78, 5) is 4.56. The molecule has 3 nitrogen and oxygen atoms in total. The van der Waals surface area contributed by atoms with E-state index in [0.717, 1.165) is 28.0 Å². The van der Waals surface area contributed by atoms with Crippen molar-refractivity contribution in [3.63, 3.8) is 0 Å². The van der Waals surface area contributed by atoms with Gasteiger partial charge >= 0.3 is 0 Å². The van der Waals surface area contributed by atoms with Crippen LogP contribution in [0.3, 0.4) is 0 Å². The number of aromatic hydroxyl groups is 1. The molecule has 1 heterocycles. The second-order valence-corrected chi connectivity index (χ2v) is 4.97. The van der Waals surface area contributed by atoms with E-state index in [1.807, 2.05) is 37.3 Å². The number of benzene rings is 2. The predicted octanol–water partition coefficient (Wildman–Crippen LogP) is 4.30. The summed E-state index contributed by atoms with van der Waals surface area (Å²) in [7, 11) is 0. The van der Waals surface area contributed by atoms with Gasteiger partial charge in [-0.3, -0.25) is 0 Å². The van der Waals surface area contributed by atoms with Crippen molar-refractivity contribution in [1.29, 1.82) is 0 Å². The van der Waals surface area contributed by atoms with Crippen LogP contribution in [0, 0.1) is 13.8 Å². The van der Waals surface area contributed by atoms with Crippen LogP contribution in [0.15, 0.2) is 48.5 Å². The monoisotopic (exact) mass is 264 g/mol. The second-order valence-electron chi connectivity index (χ2n) is 4.97. The van der Waals surface area contributed by atoms with E-state index < -0.39 is 0 Å². The minimum Gasteiger partial charge on any atom is -0.508 e. The SMILES string of the molecule is Cc1ccccc1Nc1cc(C)c2ccc(O)cc2n1. The van der Waals surface area contributed by atoms with Crippen molar-refractivity contribution in [3.8, 4) is 5.75 Å². The fraction of sp³-hybridized carbons (Fsp3) is 0.118. The minimum atomic E-state index is 0.234. The highest BCUT2D eigenvalue weighted by molar-refractivity contribution is 5.85. The zero-order valence-corrected chi connectivity index (χ0v) is 11.5. The topological polar surface area (TPSA) is 45.1 Å². The maximum absolute atomic E-state index is 9.59. The van der Waals surface area contributed by atoms with Crippen LogP contribution in [0.5, 0.6) is 5.75 Å². The van der Waals surface area contributed by atoms with Gasteiger partial charge < -0.3 is 10.4 Å². The number of phenolic OH excluding ortho intramolecular Hbond substituents is 1. The van der Waals surface area contributed by atoms with E-state index in [1.54, 1.807) is 12.1 Å². The van der Waals surface area contributed by atoms with Gasteiger partial charge in [0.25, 0.3) is 0 Å². The predicted molar refractivity (Wildman–Crippen MR) is 82.6 cm³/mol. The number of nitrogens with one attached hydrogen (secondary N) is 1. The Morgan fingerprint density at radius 3 is 2.55 bits per heavy atom. The Balaban J connectivity index is 2.06. The molecule has 0 saturated carbocycles. The molecule has 0 unspecified atom stereocenters. The molecule has 0 atom stereocenters. The van der Waals surface area contributed by atoms with Crippen molar-refractivity contribution in [3.05, 3.63) is 59.7 Å². The van der Waals surface area contributed by atoms with Crippen molar-refractivity contribution in [2.75, 3.05) is 5.32 Å². The second kappa shape index (κ2) is 4.85. The summed E-state index contributed by atoms with van der Waals surface area (Å²) in [5.74, 6) is 1.02. The van der Waals surface area contributed by atoms with Crippen molar-refractivity contribution >= 4 is 22.4 Å². The Morgan fingerprint density at radius 2 is 1.75 bits per heavy atom. The molecule has 3 heteroatoms. The average molecular weight is 264 g/mol. The summed E-state index contributed by atoms with van der Waals surface area (Å²) in [5, 5.41) is 14.0. The lowest BCUT2D eigenvalue weighted by atomic mass is 10.1. The van der Waals surface area contributed by atoms with Gasteiger partial charge in [-0.15, -0.1) is 0 Å². The van der Waals surface area contributed by atoms with Crippen LogP contribution in [0.4, 0.5) is 11.5 Å². The Morgan fingerprint density at radius 1 is 0.950 bits per heavy atom. The average Bonchev–Trinajstić information content (AvgIpc) is 2.41. The van der Waals surface area contributed by atoms with Gasteiger partial charge in [-0.2, -0.15) is 0 Å². The summed E-state index contributed by atoms with van der Waals surface area (Å²) < 4.78 is 0. The highest BCUT2D eigenvalue weighted by Crippen LogP contribution is 2.26. The molecule has 2 aromatic carbocycles. The number of fused-ring (bicyclic) bond motifs is 1. The van der Waals surface area contributed by atoms with Gasteiger partial charge in [-0.05, 0) is 49.2 Å². The Bertz CT molecular complexity index is 781. The molecule has 0 spiro atoms. The first-order chi connectivity index (χ1) is 9.63. The summed E-state index contributed by atoms with van der Waals surface area (Å²) in [5.41, 5.74) is 4.13. The van der Waals surface area contributed by atoms with Crippen molar-refractivity contribution in [2.24, 2.45) is 0 Å². The van der Waals surface area contributed by atoms with Gasteiger partial charge in [0.2, 0.25) is 0 Å². The first kappa shape index (κ1) is 12.5. The molecule has 0 aliphatic heterocycles. The van der Waals surface area contributed by atoms with Crippen LogP contribution in [0.1, 0.15) is 11.1 Å². The third-order valence-electron chi connectivity index (χ3n) is 3.41. The smallest absolute Gasteiger partial charge is 0.131 e. The minimum absolute atomic E-state index is 0.234. The molecule has 0 aliphatic carbocycles. The zero-order valence-electron chi connectivity index (χ0n) is 11.5. The summed E-state index contributed by atoms with van der Waals surface area (Å²) >= 11 is 0. The molecule has 0 radical (unpaired) electrons. The molecule has 0 amide bonds.